The molecule has 0 aromatic carbocycles. The van der Waals surface area contributed by atoms with Gasteiger partial charge in [-0.3, -0.25) is 10.1 Å². The molecule has 0 aliphatic carbocycles. The fraction of sp³-hybridized carbons (Fsp3) is 0.333. The van der Waals surface area contributed by atoms with Crippen LogP contribution in [0.1, 0.15) is 19.0 Å². The normalized spacial score (nSPS) is 12.6. The summed E-state index contributed by atoms with van der Waals surface area (Å²) in [6.45, 7) is 2.09. The molecule has 0 saturated heterocycles. The molecule has 16 heavy (non-hydrogen) atoms. The first-order valence-corrected chi connectivity index (χ1v) is 5.50. The van der Waals surface area contributed by atoms with Gasteiger partial charge >= 0.3 is 0 Å². The predicted molar refractivity (Wildman–Crippen MR) is 63.8 cm³/mol. The lowest BCUT2D eigenvalue weighted by molar-refractivity contribution is 0.635. The first kappa shape index (κ1) is 10.8. The molecule has 1 unspecified atom stereocenters. The zero-order chi connectivity index (χ0) is 11.4. The smallest absolute Gasteiger partial charge is 0.0924 e. The van der Waals surface area contributed by atoms with Crippen molar-refractivity contribution in [1.82, 2.24) is 15.2 Å². The average Bonchev–Trinajstić information content (AvgIpc) is 2.78. The van der Waals surface area contributed by atoms with E-state index in [9.17, 15) is 0 Å². The molecule has 2 heterocycles. The number of nitrogens with one attached hydrogen (secondary N) is 1. The van der Waals surface area contributed by atoms with Gasteiger partial charge in [-0.1, -0.05) is 6.92 Å². The second kappa shape index (κ2) is 4.90. The highest BCUT2D eigenvalue weighted by Crippen LogP contribution is 2.16. The van der Waals surface area contributed by atoms with Crippen molar-refractivity contribution < 1.29 is 0 Å². The molecule has 0 aliphatic heterocycles. The molecule has 3 N–H and O–H groups in total. The van der Waals surface area contributed by atoms with Crippen LogP contribution in [0.4, 0.5) is 0 Å². The standard InChI is InChI=1S/C12H16N4/c1-2-10(13)7-11-8-12(16-15-11)9-3-5-14-6-4-9/h3-6,8,10H,2,7,13H2,1H3,(H,15,16). The third-order valence-electron chi connectivity index (χ3n) is 2.61. The Hall–Kier alpha value is -1.68. The molecule has 2 aromatic heterocycles. The van der Waals surface area contributed by atoms with E-state index in [0.717, 1.165) is 29.8 Å². The van der Waals surface area contributed by atoms with Crippen LogP contribution in [-0.2, 0) is 6.42 Å². The van der Waals surface area contributed by atoms with E-state index < -0.39 is 0 Å². The summed E-state index contributed by atoms with van der Waals surface area (Å²) in [6.07, 6.45) is 5.35. The predicted octanol–water partition coefficient (Wildman–Crippen LogP) is 1.75. The highest BCUT2D eigenvalue weighted by molar-refractivity contribution is 5.58. The van der Waals surface area contributed by atoms with Crippen molar-refractivity contribution in [2.45, 2.75) is 25.8 Å². The average molecular weight is 216 g/mol. The van der Waals surface area contributed by atoms with Gasteiger partial charge in [0.15, 0.2) is 0 Å². The van der Waals surface area contributed by atoms with E-state index in [-0.39, 0.29) is 6.04 Å². The molecule has 4 nitrogen and oxygen atoms in total. The van der Waals surface area contributed by atoms with Crippen LogP contribution < -0.4 is 5.73 Å². The number of H-pyrrole nitrogens is 1. The Kier molecular flexibility index (Phi) is 3.31. The lowest BCUT2D eigenvalue weighted by Crippen LogP contribution is -2.21. The van der Waals surface area contributed by atoms with Crippen LogP contribution in [0.25, 0.3) is 11.3 Å². The van der Waals surface area contributed by atoms with Crippen LogP contribution in [0, 0.1) is 0 Å². The quantitative estimate of drug-likeness (QED) is 0.818. The molecule has 0 bridgehead atoms. The Bertz CT molecular complexity index is 435. The summed E-state index contributed by atoms with van der Waals surface area (Å²) in [6, 6.07) is 6.13. The molecule has 1 atom stereocenters. The van der Waals surface area contributed by atoms with E-state index in [4.69, 9.17) is 5.73 Å². The van der Waals surface area contributed by atoms with Crippen molar-refractivity contribution in [2.24, 2.45) is 5.73 Å². The monoisotopic (exact) mass is 216 g/mol. The Morgan fingerprint density at radius 3 is 2.81 bits per heavy atom. The van der Waals surface area contributed by atoms with Gasteiger partial charge in [-0.15, -0.1) is 0 Å². The van der Waals surface area contributed by atoms with Crippen LogP contribution in [0.15, 0.2) is 30.6 Å². The number of aromatic nitrogens is 3. The minimum absolute atomic E-state index is 0.200. The molecule has 0 amide bonds. The third-order valence-corrected chi connectivity index (χ3v) is 2.61. The Morgan fingerprint density at radius 1 is 1.38 bits per heavy atom. The fourth-order valence-electron chi connectivity index (χ4n) is 1.56. The minimum atomic E-state index is 0.200. The van der Waals surface area contributed by atoms with Crippen molar-refractivity contribution >= 4 is 0 Å². The summed E-state index contributed by atoms with van der Waals surface area (Å²) in [7, 11) is 0. The maximum Gasteiger partial charge on any atom is 0.0924 e. The summed E-state index contributed by atoms with van der Waals surface area (Å²) in [4.78, 5) is 3.98. The van der Waals surface area contributed by atoms with Gasteiger partial charge in [0, 0.05) is 36.1 Å². The largest absolute Gasteiger partial charge is 0.327 e. The highest BCUT2D eigenvalue weighted by Gasteiger charge is 2.06. The SMILES string of the molecule is CCC(N)Cc1cc(-c2ccncc2)n[nH]1. The van der Waals surface area contributed by atoms with Gasteiger partial charge in [0.25, 0.3) is 0 Å². The maximum absolute atomic E-state index is 5.90. The number of hydrogen-bond acceptors (Lipinski definition) is 3. The number of pyridine rings is 1. The molecule has 0 radical (unpaired) electrons. The second-order valence-corrected chi connectivity index (χ2v) is 3.89. The van der Waals surface area contributed by atoms with Crippen molar-refractivity contribution in [1.29, 1.82) is 0 Å². The molecular formula is C12H16N4. The van der Waals surface area contributed by atoms with Crippen molar-refractivity contribution in [2.75, 3.05) is 0 Å². The molecular weight excluding hydrogens is 200 g/mol. The van der Waals surface area contributed by atoms with E-state index >= 15 is 0 Å². The minimum Gasteiger partial charge on any atom is -0.327 e. The Labute approximate surface area is 94.9 Å². The molecule has 0 fully saturated rings. The maximum atomic E-state index is 5.90. The fourth-order valence-corrected chi connectivity index (χ4v) is 1.56. The van der Waals surface area contributed by atoms with Gasteiger partial charge in [-0.25, -0.2) is 0 Å². The van der Waals surface area contributed by atoms with Crippen LogP contribution in [0.3, 0.4) is 0 Å². The Morgan fingerprint density at radius 2 is 2.12 bits per heavy atom. The molecule has 0 spiro atoms. The number of hydrogen-bond donors (Lipinski definition) is 2. The van der Waals surface area contributed by atoms with Crippen LogP contribution in [-0.4, -0.2) is 21.2 Å². The highest BCUT2D eigenvalue weighted by atomic mass is 15.1. The lowest BCUT2D eigenvalue weighted by Gasteiger charge is -2.04. The summed E-state index contributed by atoms with van der Waals surface area (Å²) >= 11 is 0. The van der Waals surface area contributed by atoms with Gasteiger partial charge in [-0.2, -0.15) is 5.10 Å². The molecule has 0 saturated carbocycles. The van der Waals surface area contributed by atoms with Gasteiger partial charge < -0.3 is 5.73 Å². The van der Waals surface area contributed by atoms with Crippen molar-refractivity contribution in [3.05, 3.63) is 36.3 Å². The Balaban J connectivity index is 2.14. The van der Waals surface area contributed by atoms with Gasteiger partial charge in [0.2, 0.25) is 0 Å². The van der Waals surface area contributed by atoms with Crippen molar-refractivity contribution in [3.8, 4) is 11.3 Å². The first-order chi connectivity index (χ1) is 7.79. The molecule has 84 valence electrons. The van der Waals surface area contributed by atoms with Crippen LogP contribution in [0.2, 0.25) is 0 Å². The van der Waals surface area contributed by atoms with Crippen LogP contribution >= 0.6 is 0 Å². The second-order valence-electron chi connectivity index (χ2n) is 3.89. The molecule has 4 heteroatoms. The zero-order valence-electron chi connectivity index (χ0n) is 9.35. The molecule has 2 aromatic rings. The van der Waals surface area contributed by atoms with Gasteiger partial charge in [0.1, 0.15) is 0 Å². The summed E-state index contributed by atoms with van der Waals surface area (Å²) in [5.41, 5.74) is 9.00. The van der Waals surface area contributed by atoms with E-state index in [1.165, 1.54) is 0 Å². The summed E-state index contributed by atoms with van der Waals surface area (Å²) < 4.78 is 0. The number of aromatic amines is 1. The number of nitrogens with zero attached hydrogens (tertiary/aromatic N) is 2. The summed E-state index contributed by atoms with van der Waals surface area (Å²) in [5.74, 6) is 0. The third kappa shape index (κ3) is 2.46. The zero-order valence-corrected chi connectivity index (χ0v) is 9.35. The van der Waals surface area contributed by atoms with E-state index in [1.807, 2.05) is 18.2 Å². The number of nitrogens with two attached hydrogens (primary N) is 1. The van der Waals surface area contributed by atoms with E-state index in [1.54, 1.807) is 12.4 Å². The van der Waals surface area contributed by atoms with Gasteiger partial charge in [0.05, 0.1) is 5.69 Å². The first-order valence-electron chi connectivity index (χ1n) is 5.50. The topological polar surface area (TPSA) is 67.6 Å². The van der Waals surface area contributed by atoms with E-state index in [0.29, 0.717) is 0 Å². The van der Waals surface area contributed by atoms with Crippen molar-refractivity contribution in [3.63, 3.8) is 0 Å². The number of rotatable bonds is 4. The molecule has 0 aliphatic rings. The summed E-state index contributed by atoms with van der Waals surface area (Å²) in [5, 5.41) is 7.28. The lowest BCUT2D eigenvalue weighted by atomic mass is 10.1. The van der Waals surface area contributed by atoms with E-state index in [2.05, 4.69) is 22.1 Å². The molecule has 2 rings (SSSR count). The van der Waals surface area contributed by atoms with Gasteiger partial charge in [-0.05, 0) is 24.6 Å². The van der Waals surface area contributed by atoms with Crippen LogP contribution in [0.5, 0.6) is 0 Å².